The summed E-state index contributed by atoms with van der Waals surface area (Å²) in [6.45, 7) is 1.49. The lowest BCUT2D eigenvalue weighted by molar-refractivity contribution is -0.248. The van der Waals surface area contributed by atoms with Gasteiger partial charge in [-0.3, -0.25) is 14.4 Å². The molecular weight excluding hydrogens is 506 g/mol. The number of carbonyl (C=O) groups excluding carboxylic acids is 3. The zero-order chi connectivity index (χ0) is 27.8. The fraction of sp³-hybridized carbons (Fsp3) is 0.276. The van der Waals surface area contributed by atoms with E-state index < -0.39 is 86.5 Å². The summed E-state index contributed by atoms with van der Waals surface area (Å²) in [6, 6.07) is 9.09. The molecular formula is C29H23NO9. The number of phenols is 3. The van der Waals surface area contributed by atoms with Crippen LogP contribution >= 0.6 is 0 Å². The van der Waals surface area contributed by atoms with Gasteiger partial charge in [0.1, 0.15) is 34.6 Å². The van der Waals surface area contributed by atoms with E-state index in [9.17, 15) is 39.9 Å². The monoisotopic (exact) mass is 529 g/mol. The maximum absolute atomic E-state index is 13.9. The van der Waals surface area contributed by atoms with Crippen LogP contribution in [0.15, 0.2) is 42.5 Å². The molecule has 0 unspecified atom stereocenters. The van der Waals surface area contributed by atoms with E-state index in [0.717, 1.165) is 18.2 Å². The number of nitrogens with one attached hydrogen (secondary N) is 1. The summed E-state index contributed by atoms with van der Waals surface area (Å²) in [6.07, 6.45) is -1.17. The van der Waals surface area contributed by atoms with Gasteiger partial charge in [-0.05, 0) is 29.3 Å². The Morgan fingerprint density at radius 2 is 1.38 bits per heavy atom. The van der Waals surface area contributed by atoms with Crippen LogP contribution in [0.5, 0.6) is 17.2 Å². The number of ether oxygens (including phenoxy) is 1. The number of Topliss-reactive ketones (excluding diaryl/α,β-unsaturated/α-hetero) is 1. The molecule has 6 N–H and O–H groups in total. The van der Waals surface area contributed by atoms with E-state index in [0.29, 0.717) is 11.1 Å². The Labute approximate surface area is 221 Å². The molecule has 3 aromatic rings. The van der Waals surface area contributed by atoms with Gasteiger partial charge in [0.15, 0.2) is 5.78 Å². The predicted octanol–water partition coefficient (Wildman–Crippen LogP) is 2.00. The number of carbonyl (C=O) groups is 3. The molecule has 4 bridgehead atoms. The number of benzene rings is 3. The van der Waals surface area contributed by atoms with Crippen molar-refractivity contribution in [1.29, 1.82) is 0 Å². The maximum atomic E-state index is 13.9. The van der Waals surface area contributed by atoms with Gasteiger partial charge in [-0.2, -0.15) is 0 Å². The second-order valence-electron chi connectivity index (χ2n) is 10.6. The first-order valence-corrected chi connectivity index (χ1v) is 12.4. The number of hydrogen-bond donors (Lipinski definition) is 6. The number of hydrogen-bond acceptors (Lipinski definition) is 10. The summed E-state index contributed by atoms with van der Waals surface area (Å²) in [7, 11) is 1.33. The first-order chi connectivity index (χ1) is 18.5. The number of fused-ring (bicyclic) bond motifs is 7. The Balaban J connectivity index is 1.60. The van der Waals surface area contributed by atoms with Crippen molar-refractivity contribution in [3.8, 4) is 17.2 Å². The molecule has 198 valence electrons. The van der Waals surface area contributed by atoms with Crippen LogP contribution in [-0.4, -0.2) is 61.7 Å². The van der Waals surface area contributed by atoms with Crippen molar-refractivity contribution in [3.05, 3.63) is 81.4 Å². The molecule has 0 aromatic heterocycles. The van der Waals surface area contributed by atoms with Gasteiger partial charge in [-0.1, -0.05) is 31.2 Å². The molecule has 10 nitrogen and oxygen atoms in total. The van der Waals surface area contributed by atoms with Crippen molar-refractivity contribution in [2.45, 2.75) is 36.2 Å². The zero-order valence-corrected chi connectivity index (χ0v) is 20.7. The molecule has 1 fully saturated rings. The van der Waals surface area contributed by atoms with Gasteiger partial charge < -0.3 is 35.6 Å². The van der Waals surface area contributed by atoms with Gasteiger partial charge in [0.2, 0.25) is 11.6 Å². The summed E-state index contributed by atoms with van der Waals surface area (Å²) in [5.74, 6) is -6.19. The first kappa shape index (κ1) is 23.8. The Hall–Kier alpha value is -4.25. The molecule has 1 saturated carbocycles. The number of ketones is 3. The highest BCUT2D eigenvalue weighted by Crippen LogP contribution is 2.67. The first-order valence-electron chi connectivity index (χ1n) is 12.4. The Morgan fingerprint density at radius 3 is 2.00 bits per heavy atom. The average Bonchev–Trinajstić information content (AvgIpc) is 2.91. The number of anilines is 1. The third-order valence-electron chi connectivity index (χ3n) is 9.14. The summed E-state index contributed by atoms with van der Waals surface area (Å²) in [4.78, 5) is 40.9. The van der Waals surface area contributed by atoms with Gasteiger partial charge in [0.05, 0.1) is 45.8 Å². The van der Waals surface area contributed by atoms with E-state index >= 15 is 0 Å². The molecule has 39 heavy (non-hydrogen) atoms. The second kappa shape index (κ2) is 7.23. The summed E-state index contributed by atoms with van der Waals surface area (Å²) in [5, 5.41) is 60.2. The van der Waals surface area contributed by atoms with Crippen molar-refractivity contribution in [1.82, 2.24) is 0 Å². The van der Waals surface area contributed by atoms with Gasteiger partial charge in [0.25, 0.3) is 0 Å². The molecule has 0 spiro atoms. The average molecular weight is 530 g/mol. The van der Waals surface area contributed by atoms with E-state index in [1.54, 1.807) is 24.3 Å². The van der Waals surface area contributed by atoms with E-state index in [1.165, 1.54) is 14.0 Å². The number of methoxy groups -OCH3 is 1. The Bertz CT molecular complexity index is 1700. The molecule has 1 heterocycles. The molecule has 0 radical (unpaired) electrons. The predicted molar refractivity (Wildman–Crippen MR) is 134 cm³/mol. The fourth-order valence-electron chi connectivity index (χ4n) is 7.41. The highest BCUT2D eigenvalue weighted by atomic mass is 16.5. The molecule has 0 amide bonds. The van der Waals surface area contributed by atoms with Crippen LogP contribution in [0.4, 0.5) is 5.69 Å². The van der Waals surface area contributed by atoms with Gasteiger partial charge in [0, 0.05) is 12.7 Å². The Kier molecular flexibility index (Phi) is 4.42. The third-order valence-corrected chi connectivity index (χ3v) is 9.14. The molecule has 6 atom stereocenters. The number of phenolic OH excluding ortho intramolecular Hbond substituents is 3. The minimum absolute atomic E-state index is 0.0253. The van der Waals surface area contributed by atoms with E-state index in [-0.39, 0.29) is 16.8 Å². The largest absolute Gasteiger partial charge is 0.507 e. The van der Waals surface area contributed by atoms with Crippen LogP contribution in [0.25, 0.3) is 0 Å². The number of aromatic hydroxyl groups is 3. The van der Waals surface area contributed by atoms with E-state index in [4.69, 9.17) is 4.74 Å². The number of rotatable bonds is 1. The van der Waals surface area contributed by atoms with Crippen LogP contribution in [0.2, 0.25) is 0 Å². The van der Waals surface area contributed by atoms with Crippen molar-refractivity contribution in [2.24, 2.45) is 5.92 Å². The van der Waals surface area contributed by atoms with Gasteiger partial charge >= 0.3 is 0 Å². The smallest absolute Gasteiger partial charge is 0.202 e. The lowest BCUT2D eigenvalue weighted by atomic mass is 9.47. The van der Waals surface area contributed by atoms with E-state index in [2.05, 4.69) is 5.32 Å². The van der Waals surface area contributed by atoms with Crippen molar-refractivity contribution >= 4 is 23.0 Å². The molecule has 7 rings (SSSR count). The molecule has 4 aliphatic rings. The summed E-state index contributed by atoms with van der Waals surface area (Å²) in [5.41, 5.74) is -5.01. The standard InChI is InChI=1S/C29H23NO9/c1-10-23(34)26(39-2)21-11-5-3-4-6-12(11)27-28(10,37)29(21,38)13-9-16(33)19-20(22(13)30-27)25(36)18-15(32)8-7-14(31)17(18)24(19)35/h3-10,21,26-27,30-33,37-38H,1-2H3/t10-,21+,26-,27-,28-,29-/m0/s1. The molecule has 3 aliphatic carbocycles. The van der Waals surface area contributed by atoms with Crippen LogP contribution in [-0.2, 0) is 15.1 Å². The molecule has 0 saturated heterocycles. The maximum Gasteiger partial charge on any atom is 0.202 e. The van der Waals surface area contributed by atoms with Crippen LogP contribution in [0.3, 0.4) is 0 Å². The molecule has 1 aliphatic heterocycles. The normalized spacial score (nSPS) is 31.5. The third kappa shape index (κ3) is 2.41. The molecule has 3 aromatic carbocycles. The Morgan fingerprint density at radius 1 is 0.821 bits per heavy atom. The van der Waals surface area contributed by atoms with Crippen molar-refractivity contribution < 1.29 is 44.7 Å². The summed E-state index contributed by atoms with van der Waals surface area (Å²) < 4.78 is 5.60. The highest BCUT2D eigenvalue weighted by molar-refractivity contribution is 6.33. The molecule has 10 heteroatoms. The number of aliphatic hydroxyl groups is 2. The summed E-state index contributed by atoms with van der Waals surface area (Å²) >= 11 is 0. The lowest BCUT2D eigenvalue weighted by Crippen LogP contribution is -2.75. The quantitative estimate of drug-likeness (QED) is 0.200. The highest BCUT2D eigenvalue weighted by Gasteiger charge is 2.75. The van der Waals surface area contributed by atoms with Crippen LogP contribution < -0.4 is 5.32 Å². The minimum Gasteiger partial charge on any atom is -0.507 e. The van der Waals surface area contributed by atoms with Crippen molar-refractivity contribution in [2.75, 3.05) is 12.4 Å². The zero-order valence-electron chi connectivity index (χ0n) is 20.7. The minimum atomic E-state index is -2.25. The fourth-order valence-corrected chi connectivity index (χ4v) is 7.41. The SMILES string of the molecule is CO[C@@H]1C(=O)[C@H](C)[C@]2(O)[C@H]3Nc4c(cc(O)c5c4C(=O)c4c(O)ccc(O)c4C5=O)[C@]2(O)[C@@H]1c1ccccc13. The van der Waals surface area contributed by atoms with Gasteiger partial charge in [-0.15, -0.1) is 0 Å². The topological polar surface area (TPSA) is 174 Å². The van der Waals surface area contributed by atoms with Crippen LogP contribution in [0, 0.1) is 5.92 Å². The van der Waals surface area contributed by atoms with Crippen molar-refractivity contribution in [3.63, 3.8) is 0 Å². The second-order valence-corrected chi connectivity index (χ2v) is 10.6. The lowest BCUT2D eigenvalue weighted by Gasteiger charge is -2.65. The van der Waals surface area contributed by atoms with Crippen LogP contribution in [0.1, 0.15) is 67.4 Å². The van der Waals surface area contributed by atoms with Gasteiger partial charge in [-0.25, -0.2) is 0 Å². The van der Waals surface area contributed by atoms with E-state index in [1.807, 2.05) is 0 Å².